The molecule has 14 heavy (non-hydrogen) atoms. The van der Waals surface area contributed by atoms with Gasteiger partial charge in [-0.25, -0.2) is 0 Å². The summed E-state index contributed by atoms with van der Waals surface area (Å²) >= 11 is 0. The van der Waals surface area contributed by atoms with Gasteiger partial charge in [0.25, 0.3) is 0 Å². The molecule has 3 heteroatoms. The maximum Gasteiger partial charge on any atom is 0.200 e. The van der Waals surface area contributed by atoms with Crippen LogP contribution < -0.4 is 4.74 Å². The molecule has 2 N–H and O–H groups in total. The molecule has 0 atom stereocenters. The van der Waals surface area contributed by atoms with E-state index in [1.165, 1.54) is 6.07 Å². The molecule has 0 heterocycles. The van der Waals surface area contributed by atoms with E-state index < -0.39 is 0 Å². The van der Waals surface area contributed by atoms with Crippen LogP contribution in [0.15, 0.2) is 12.1 Å². The fourth-order valence-corrected chi connectivity index (χ4v) is 1.37. The van der Waals surface area contributed by atoms with Crippen LogP contribution in [0, 0.1) is 0 Å². The van der Waals surface area contributed by atoms with E-state index in [-0.39, 0.29) is 11.5 Å². The van der Waals surface area contributed by atoms with E-state index in [0.29, 0.717) is 12.4 Å². The second kappa shape index (κ2) is 4.74. The third-order valence-electron chi connectivity index (χ3n) is 2.00. The van der Waals surface area contributed by atoms with Gasteiger partial charge in [0, 0.05) is 0 Å². The monoisotopic (exact) mass is 196 g/mol. The van der Waals surface area contributed by atoms with Crippen LogP contribution in [0.25, 0.3) is 0 Å². The summed E-state index contributed by atoms with van der Waals surface area (Å²) in [5.41, 5.74) is 0.935. The standard InChI is InChI=1S/C11H16O3/c1-3-5-8-6-7-9(12)10(13)11(8)14-4-2/h6-7,12-13H,3-5H2,1-2H3. The van der Waals surface area contributed by atoms with Crippen LogP contribution in [0.1, 0.15) is 25.8 Å². The highest BCUT2D eigenvalue weighted by molar-refractivity contribution is 5.54. The van der Waals surface area contributed by atoms with Crippen molar-refractivity contribution < 1.29 is 14.9 Å². The molecular formula is C11H16O3. The van der Waals surface area contributed by atoms with Gasteiger partial charge in [-0.05, 0) is 25.0 Å². The van der Waals surface area contributed by atoms with Crippen LogP contribution in [0.5, 0.6) is 17.2 Å². The van der Waals surface area contributed by atoms with Gasteiger partial charge in [0.05, 0.1) is 6.61 Å². The first-order valence-electron chi connectivity index (χ1n) is 4.87. The van der Waals surface area contributed by atoms with Crippen LogP contribution in [0.4, 0.5) is 0 Å². The van der Waals surface area contributed by atoms with Gasteiger partial charge in [0.15, 0.2) is 11.5 Å². The average Bonchev–Trinajstić information content (AvgIpc) is 2.18. The van der Waals surface area contributed by atoms with Gasteiger partial charge >= 0.3 is 0 Å². The third-order valence-corrected chi connectivity index (χ3v) is 2.00. The van der Waals surface area contributed by atoms with Crippen molar-refractivity contribution in [1.82, 2.24) is 0 Å². The number of ether oxygens (including phenoxy) is 1. The van der Waals surface area contributed by atoms with Crippen molar-refractivity contribution in [3.63, 3.8) is 0 Å². The fraction of sp³-hybridized carbons (Fsp3) is 0.455. The first-order chi connectivity index (χ1) is 6.70. The zero-order chi connectivity index (χ0) is 10.6. The highest BCUT2D eigenvalue weighted by Crippen LogP contribution is 2.38. The van der Waals surface area contributed by atoms with E-state index in [9.17, 15) is 10.2 Å². The molecule has 0 radical (unpaired) electrons. The van der Waals surface area contributed by atoms with Crippen LogP contribution in [0.3, 0.4) is 0 Å². The van der Waals surface area contributed by atoms with Gasteiger partial charge in [-0.3, -0.25) is 0 Å². The summed E-state index contributed by atoms with van der Waals surface area (Å²) in [5, 5.41) is 18.9. The second-order valence-corrected chi connectivity index (χ2v) is 3.10. The predicted octanol–water partition coefficient (Wildman–Crippen LogP) is 2.45. The van der Waals surface area contributed by atoms with Crippen molar-refractivity contribution >= 4 is 0 Å². The first kappa shape index (κ1) is 10.7. The number of phenols is 2. The number of rotatable bonds is 4. The molecule has 0 aliphatic carbocycles. The highest BCUT2D eigenvalue weighted by atomic mass is 16.5. The Labute approximate surface area is 84.0 Å². The van der Waals surface area contributed by atoms with E-state index in [2.05, 4.69) is 6.92 Å². The molecule has 0 aliphatic heterocycles. The fourth-order valence-electron chi connectivity index (χ4n) is 1.37. The van der Waals surface area contributed by atoms with Crippen molar-refractivity contribution in [3.8, 4) is 17.2 Å². The molecule has 1 aromatic carbocycles. The topological polar surface area (TPSA) is 49.7 Å². The Bertz CT molecular complexity index is 308. The molecule has 78 valence electrons. The van der Waals surface area contributed by atoms with Crippen LogP contribution in [-0.2, 0) is 6.42 Å². The number of benzene rings is 1. The summed E-state index contributed by atoms with van der Waals surface area (Å²) in [6.45, 7) is 4.38. The number of hydrogen-bond donors (Lipinski definition) is 2. The Morgan fingerprint density at radius 1 is 1.21 bits per heavy atom. The molecule has 3 nitrogen and oxygen atoms in total. The predicted molar refractivity (Wildman–Crippen MR) is 54.9 cm³/mol. The lowest BCUT2D eigenvalue weighted by Gasteiger charge is -2.11. The molecule has 1 aromatic rings. The van der Waals surface area contributed by atoms with Crippen molar-refractivity contribution in [2.75, 3.05) is 6.61 Å². The number of aromatic hydroxyl groups is 2. The lowest BCUT2D eigenvalue weighted by Crippen LogP contribution is -1.97. The van der Waals surface area contributed by atoms with Crippen molar-refractivity contribution in [2.24, 2.45) is 0 Å². The average molecular weight is 196 g/mol. The summed E-state index contributed by atoms with van der Waals surface area (Å²) < 4.78 is 5.29. The van der Waals surface area contributed by atoms with Crippen LogP contribution >= 0.6 is 0 Å². The lowest BCUT2D eigenvalue weighted by atomic mass is 10.1. The zero-order valence-corrected chi connectivity index (χ0v) is 8.58. The first-order valence-corrected chi connectivity index (χ1v) is 4.87. The maximum absolute atomic E-state index is 9.56. The Balaban J connectivity index is 3.08. The quantitative estimate of drug-likeness (QED) is 0.727. The lowest BCUT2D eigenvalue weighted by molar-refractivity contribution is 0.305. The second-order valence-electron chi connectivity index (χ2n) is 3.10. The Morgan fingerprint density at radius 2 is 1.93 bits per heavy atom. The highest BCUT2D eigenvalue weighted by Gasteiger charge is 2.12. The zero-order valence-electron chi connectivity index (χ0n) is 8.58. The molecule has 0 saturated heterocycles. The smallest absolute Gasteiger partial charge is 0.200 e. The van der Waals surface area contributed by atoms with Gasteiger partial charge in [0.2, 0.25) is 5.75 Å². The van der Waals surface area contributed by atoms with Gasteiger partial charge in [0.1, 0.15) is 0 Å². The Kier molecular flexibility index (Phi) is 3.63. The Hall–Kier alpha value is -1.38. The van der Waals surface area contributed by atoms with E-state index in [4.69, 9.17) is 4.74 Å². The van der Waals surface area contributed by atoms with E-state index in [1.807, 2.05) is 6.92 Å². The summed E-state index contributed by atoms with van der Waals surface area (Å²) in [6, 6.07) is 3.27. The minimum atomic E-state index is -0.155. The van der Waals surface area contributed by atoms with Crippen molar-refractivity contribution in [1.29, 1.82) is 0 Å². The molecule has 0 bridgehead atoms. The van der Waals surface area contributed by atoms with Gasteiger partial charge in [-0.2, -0.15) is 0 Å². The third kappa shape index (κ3) is 2.10. The SMILES string of the molecule is CCCc1ccc(O)c(O)c1OCC. The molecule has 0 spiro atoms. The van der Waals surface area contributed by atoms with Gasteiger partial charge in [-0.15, -0.1) is 0 Å². The van der Waals surface area contributed by atoms with Crippen LogP contribution in [0.2, 0.25) is 0 Å². The number of aryl methyl sites for hydroxylation is 1. The molecule has 0 unspecified atom stereocenters. The van der Waals surface area contributed by atoms with Crippen molar-refractivity contribution in [3.05, 3.63) is 17.7 Å². The number of hydrogen-bond acceptors (Lipinski definition) is 3. The molecule has 0 amide bonds. The van der Waals surface area contributed by atoms with Gasteiger partial charge in [-0.1, -0.05) is 19.4 Å². The maximum atomic E-state index is 9.56. The minimum absolute atomic E-state index is 0.131. The molecule has 0 saturated carbocycles. The molecule has 0 aliphatic rings. The molecule has 1 rings (SSSR count). The van der Waals surface area contributed by atoms with E-state index >= 15 is 0 Å². The number of phenolic OH excluding ortho intramolecular Hbond substituents is 2. The minimum Gasteiger partial charge on any atom is -0.504 e. The van der Waals surface area contributed by atoms with E-state index in [1.54, 1.807) is 6.07 Å². The summed E-state index contributed by atoms with van der Waals surface area (Å²) in [5.74, 6) is 0.125. The Morgan fingerprint density at radius 3 is 2.50 bits per heavy atom. The normalized spacial score (nSPS) is 10.1. The molecule has 0 aromatic heterocycles. The van der Waals surface area contributed by atoms with E-state index in [0.717, 1.165) is 18.4 Å². The summed E-state index contributed by atoms with van der Waals surface area (Å²) in [4.78, 5) is 0. The summed E-state index contributed by atoms with van der Waals surface area (Å²) in [7, 11) is 0. The van der Waals surface area contributed by atoms with Gasteiger partial charge < -0.3 is 14.9 Å². The van der Waals surface area contributed by atoms with Crippen LogP contribution in [-0.4, -0.2) is 16.8 Å². The largest absolute Gasteiger partial charge is 0.504 e. The van der Waals surface area contributed by atoms with Crippen molar-refractivity contribution in [2.45, 2.75) is 26.7 Å². The molecule has 0 fully saturated rings. The summed E-state index contributed by atoms with van der Waals surface area (Å²) in [6.07, 6.45) is 1.81. The molecular weight excluding hydrogens is 180 g/mol.